The second-order valence-electron chi connectivity index (χ2n) is 5.04. The van der Waals surface area contributed by atoms with E-state index in [9.17, 15) is 4.79 Å². The van der Waals surface area contributed by atoms with E-state index in [-0.39, 0.29) is 6.42 Å². The number of hydrogen-bond acceptors (Lipinski definition) is 5. The Hall–Kier alpha value is -2.63. The number of carboxylic acids is 1. The van der Waals surface area contributed by atoms with E-state index in [1.165, 1.54) is 0 Å². The third-order valence-electron chi connectivity index (χ3n) is 3.44. The monoisotopic (exact) mass is 299 g/mol. The number of anilines is 1. The summed E-state index contributed by atoms with van der Waals surface area (Å²) in [7, 11) is 0. The van der Waals surface area contributed by atoms with Crippen molar-refractivity contribution in [3.05, 3.63) is 30.1 Å². The Balaban J connectivity index is 1.98. The topological polar surface area (TPSA) is 88.2 Å². The molecule has 0 fully saturated rings. The van der Waals surface area contributed by atoms with Crippen molar-refractivity contribution >= 4 is 33.9 Å². The van der Waals surface area contributed by atoms with E-state index in [2.05, 4.69) is 15.3 Å². The maximum absolute atomic E-state index is 10.6. The maximum Gasteiger partial charge on any atom is 0.303 e. The highest BCUT2D eigenvalue weighted by Gasteiger charge is 2.14. The van der Waals surface area contributed by atoms with E-state index >= 15 is 0 Å². The van der Waals surface area contributed by atoms with Crippen LogP contribution in [0.25, 0.3) is 22.1 Å². The van der Waals surface area contributed by atoms with Crippen LogP contribution in [-0.2, 0) is 11.2 Å². The van der Waals surface area contributed by atoms with Crippen molar-refractivity contribution in [2.75, 3.05) is 11.9 Å². The Kier molecular flexibility index (Phi) is 3.91. The number of carboxylic acid groups (broad SMARTS) is 1. The van der Waals surface area contributed by atoms with Gasteiger partial charge in [-0.25, -0.2) is 9.97 Å². The number of para-hydroxylation sites is 1. The lowest BCUT2D eigenvalue weighted by molar-refractivity contribution is -0.137. The first kappa shape index (κ1) is 14.3. The molecule has 6 heteroatoms. The Labute approximate surface area is 127 Å². The number of carbonyl (C=O) groups is 1. The lowest BCUT2D eigenvalue weighted by Crippen LogP contribution is -2.08. The first-order valence-electron chi connectivity index (χ1n) is 7.33. The summed E-state index contributed by atoms with van der Waals surface area (Å²) in [5.74, 6) is 0.566. The van der Waals surface area contributed by atoms with E-state index in [0.29, 0.717) is 24.4 Å². The minimum atomic E-state index is -0.799. The molecule has 3 rings (SSSR count). The number of benzene rings is 1. The van der Waals surface area contributed by atoms with Gasteiger partial charge in [0.15, 0.2) is 11.4 Å². The number of furan rings is 1. The van der Waals surface area contributed by atoms with Gasteiger partial charge < -0.3 is 14.8 Å². The van der Waals surface area contributed by atoms with Gasteiger partial charge in [0, 0.05) is 24.8 Å². The molecule has 0 aliphatic heterocycles. The SMILES string of the molecule is CCc1nc(NCCCC(=O)O)c2oc3ccccc3c2n1. The summed E-state index contributed by atoms with van der Waals surface area (Å²) < 4.78 is 5.86. The van der Waals surface area contributed by atoms with Crippen LogP contribution in [0, 0.1) is 0 Å². The number of nitrogens with zero attached hydrogens (tertiary/aromatic N) is 2. The van der Waals surface area contributed by atoms with Gasteiger partial charge in [0.25, 0.3) is 0 Å². The molecule has 2 heterocycles. The molecule has 6 nitrogen and oxygen atoms in total. The van der Waals surface area contributed by atoms with E-state index < -0.39 is 5.97 Å². The zero-order chi connectivity index (χ0) is 15.5. The van der Waals surface area contributed by atoms with Crippen molar-refractivity contribution < 1.29 is 14.3 Å². The molecule has 2 N–H and O–H groups in total. The van der Waals surface area contributed by atoms with Crippen molar-refractivity contribution in [2.24, 2.45) is 0 Å². The number of fused-ring (bicyclic) bond motifs is 3. The van der Waals surface area contributed by atoms with Crippen molar-refractivity contribution in [3.63, 3.8) is 0 Å². The number of hydrogen-bond donors (Lipinski definition) is 2. The summed E-state index contributed by atoms with van der Waals surface area (Å²) in [6, 6.07) is 7.74. The van der Waals surface area contributed by atoms with Gasteiger partial charge in [-0.3, -0.25) is 4.79 Å². The van der Waals surface area contributed by atoms with Crippen LogP contribution in [-0.4, -0.2) is 27.6 Å². The second kappa shape index (κ2) is 6.01. The third kappa shape index (κ3) is 2.72. The molecular formula is C16H17N3O3. The summed E-state index contributed by atoms with van der Waals surface area (Å²) in [4.78, 5) is 19.6. The fraction of sp³-hybridized carbons (Fsp3) is 0.312. The fourth-order valence-corrected chi connectivity index (χ4v) is 2.36. The molecule has 1 aromatic carbocycles. The summed E-state index contributed by atoms with van der Waals surface area (Å²) >= 11 is 0. The molecule has 0 radical (unpaired) electrons. The summed E-state index contributed by atoms with van der Waals surface area (Å²) in [6.07, 6.45) is 1.38. The Bertz CT molecular complexity index is 826. The van der Waals surface area contributed by atoms with Gasteiger partial charge >= 0.3 is 5.97 Å². The third-order valence-corrected chi connectivity index (χ3v) is 3.44. The highest BCUT2D eigenvalue weighted by molar-refractivity contribution is 6.05. The van der Waals surface area contributed by atoms with Gasteiger partial charge in [-0.15, -0.1) is 0 Å². The summed E-state index contributed by atoms with van der Waals surface area (Å²) in [5, 5.41) is 12.8. The smallest absolute Gasteiger partial charge is 0.303 e. The van der Waals surface area contributed by atoms with Crippen LogP contribution in [0.15, 0.2) is 28.7 Å². The van der Waals surface area contributed by atoms with Crippen molar-refractivity contribution in [3.8, 4) is 0 Å². The van der Waals surface area contributed by atoms with Crippen LogP contribution in [0.4, 0.5) is 5.82 Å². The standard InChI is InChI=1S/C16H17N3O3/c1-2-12-18-14-10-6-3-4-7-11(10)22-15(14)16(19-12)17-9-5-8-13(20)21/h3-4,6-7H,2,5,8-9H2,1H3,(H,20,21)(H,17,18,19). The van der Waals surface area contributed by atoms with E-state index in [1.54, 1.807) is 0 Å². The molecule has 0 atom stereocenters. The van der Waals surface area contributed by atoms with Gasteiger partial charge in [0.2, 0.25) is 0 Å². The zero-order valence-electron chi connectivity index (χ0n) is 12.3. The highest BCUT2D eigenvalue weighted by Crippen LogP contribution is 2.31. The largest absolute Gasteiger partial charge is 0.481 e. The molecule has 0 bridgehead atoms. The molecule has 3 aromatic rings. The number of aryl methyl sites for hydroxylation is 1. The van der Waals surface area contributed by atoms with Crippen LogP contribution in [0.1, 0.15) is 25.6 Å². The molecule has 0 spiro atoms. The molecule has 22 heavy (non-hydrogen) atoms. The molecule has 0 unspecified atom stereocenters. The van der Waals surface area contributed by atoms with Crippen LogP contribution in [0.5, 0.6) is 0 Å². The van der Waals surface area contributed by atoms with Crippen LogP contribution in [0.3, 0.4) is 0 Å². The van der Waals surface area contributed by atoms with Gasteiger partial charge in [0.05, 0.1) is 0 Å². The van der Waals surface area contributed by atoms with Crippen LogP contribution >= 0.6 is 0 Å². The van der Waals surface area contributed by atoms with E-state index in [1.807, 2.05) is 31.2 Å². The average molecular weight is 299 g/mol. The normalized spacial score (nSPS) is 11.1. The van der Waals surface area contributed by atoms with E-state index in [4.69, 9.17) is 9.52 Å². The van der Waals surface area contributed by atoms with Gasteiger partial charge in [-0.1, -0.05) is 19.1 Å². The maximum atomic E-state index is 10.6. The van der Waals surface area contributed by atoms with Crippen molar-refractivity contribution in [1.82, 2.24) is 9.97 Å². The highest BCUT2D eigenvalue weighted by atomic mass is 16.4. The molecule has 114 valence electrons. The van der Waals surface area contributed by atoms with Crippen molar-refractivity contribution in [2.45, 2.75) is 26.2 Å². The Morgan fingerprint density at radius 2 is 2.14 bits per heavy atom. The van der Waals surface area contributed by atoms with Gasteiger partial charge in [-0.2, -0.15) is 0 Å². The van der Waals surface area contributed by atoms with Crippen LogP contribution in [0.2, 0.25) is 0 Å². The molecule has 0 aliphatic rings. The molecular weight excluding hydrogens is 282 g/mol. The van der Waals surface area contributed by atoms with Gasteiger partial charge in [0.1, 0.15) is 16.9 Å². The molecule has 0 saturated heterocycles. The second-order valence-corrected chi connectivity index (χ2v) is 5.04. The van der Waals surface area contributed by atoms with E-state index in [0.717, 1.165) is 28.7 Å². The van der Waals surface area contributed by atoms with Crippen molar-refractivity contribution in [1.29, 1.82) is 0 Å². The fourth-order valence-electron chi connectivity index (χ4n) is 2.36. The lowest BCUT2D eigenvalue weighted by atomic mass is 10.2. The minimum absolute atomic E-state index is 0.127. The predicted molar refractivity (Wildman–Crippen MR) is 84.0 cm³/mol. The molecule has 0 amide bonds. The molecule has 0 aliphatic carbocycles. The summed E-state index contributed by atoms with van der Waals surface area (Å²) in [5.41, 5.74) is 2.19. The predicted octanol–water partition coefficient (Wildman–Crippen LogP) is 3.22. The summed E-state index contributed by atoms with van der Waals surface area (Å²) in [6.45, 7) is 2.52. The molecule has 2 aromatic heterocycles. The average Bonchev–Trinajstić information content (AvgIpc) is 2.90. The number of aliphatic carboxylic acids is 1. The number of aromatic nitrogens is 2. The lowest BCUT2D eigenvalue weighted by Gasteiger charge is -2.06. The minimum Gasteiger partial charge on any atom is -0.481 e. The molecule has 0 saturated carbocycles. The quantitative estimate of drug-likeness (QED) is 0.679. The zero-order valence-corrected chi connectivity index (χ0v) is 12.3. The first-order valence-corrected chi connectivity index (χ1v) is 7.33. The first-order chi connectivity index (χ1) is 10.7. The van der Waals surface area contributed by atoms with Crippen LogP contribution < -0.4 is 5.32 Å². The van der Waals surface area contributed by atoms with Gasteiger partial charge in [-0.05, 0) is 18.6 Å². The number of rotatable bonds is 6. The Morgan fingerprint density at radius 3 is 2.91 bits per heavy atom. The Morgan fingerprint density at radius 1 is 1.32 bits per heavy atom. The number of nitrogens with one attached hydrogen (secondary N) is 1.